The normalized spacial score (nSPS) is 12.0. The summed E-state index contributed by atoms with van der Waals surface area (Å²) in [5.41, 5.74) is 13.3. The minimum atomic E-state index is 0.799. The Morgan fingerprint density at radius 3 is 1.32 bits per heavy atom. The van der Waals surface area contributed by atoms with Crippen LogP contribution < -0.4 is 19.3 Å². The van der Waals surface area contributed by atoms with Crippen LogP contribution in [-0.4, -0.2) is 60.3 Å². The smallest absolute Gasteiger partial charge is 0.128 e. The third-order valence-electron chi connectivity index (χ3n) is 9.56. The lowest BCUT2D eigenvalue weighted by atomic mass is 10.0. The summed E-state index contributed by atoms with van der Waals surface area (Å²) in [5.74, 6) is 1.60. The van der Waals surface area contributed by atoms with Crippen LogP contribution in [0.1, 0.15) is 50.5 Å². The van der Waals surface area contributed by atoms with Crippen LogP contribution in [0, 0.1) is 0 Å². The molecule has 3 aromatic heterocycles. The molecule has 7 rings (SSSR count). The fourth-order valence-corrected chi connectivity index (χ4v) is 6.98. The molecule has 0 saturated carbocycles. The lowest BCUT2D eigenvalue weighted by Crippen LogP contribution is -2.21. The molecule has 0 aliphatic carbocycles. The summed E-state index contributed by atoms with van der Waals surface area (Å²) >= 11 is 0. The third kappa shape index (κ3) is 6.13. The van der Waals surface area contributed by atoms with Crippen LogP contribution >= 0.6 is 0 Å². The highest BCUT2D eigenvalue weighted by Crippen LogP contribution is 2.40. The largest absolute Gasteiger partial charge is 0.496 e. The van der Waals surface area contributed by atoms with Crippen molar-refractivity contribution in [3.8, 4) is 33.8 Å². The number of hydrogen-bond acceptors (Lipinski definition) is 6. The fraction of sp³-hybridized carbons (Fsp3) is 0.238. The first-order valence-electron chi connectivity index (χ1n) is 17.4. The molecule has 254 valence electrons. The molecular weight excluding hydrogens is 621 g/mol. The van der Waals surface area contributed by atoms with Crippen LogP contribution in [0.15, 0.2) is 72.8 Å². The monoisotopic (exact) mass is 664 g/mol. The number of fused-ring (bicyclic) bond motifs is 8. The quantitative estimate of drug-likeness (QED) is 0.152. The number of aromatic nitrogens is 4. The Bertz CT molecular complexity index is 2110. The second-order valence-electron chi connectivity index (χ2n) is 12.3. The van der Waals surface area contributed by atoms with Gasteiger partial charge in [-0.1, -0.05) is 0 Å². The van der Waals surface area contributed by atoms with Crippen molar-refractivity contribution in [2.45, 2.75) is 27.7 Å². The van der Waals surface area contributed by atoms with Gasteiger partial charge in [-0.3, -0.25) is 0 Å². The predicted molar refractivity (Wildman–Crippen MR) is 210 cm³/mol. The molecule has 5 heterocycles. The van der Waals surface area contributed by atoms with Gasteiger partial charge in [-0.2, -0.15) is 0 Å². The molecule has 0 amide bonds. The molecule has 8 bridgehead atoms. The Kier molecular flexibility index (Phi) is 9.17. The fourth-order valence-electron chi connectivity index (χ4n) is 6.98. The van der Waals surface area contributed by atoms with Crippen molar-refractivity contribution in [1.29, 1.82) is 0 Å². The van der Waals surface area contributed by atoms with Crippen LogP contribution in [0.5, 0.6) is 11.5 Å². The van der Waals surface area contributed by atoms with E-state index in [9.17, 15) is 0 Å². The summed E-state index contributed by atoms with van der Waals surface area (Å²) in [6.07, 6.45) is 8.28. The molecule has 0 saturated heterocycles. The van der Waals surface area contributed by atoms with Gasteiger partial charge in [-0.15, -0.1) is 0 Å². The van der Waals surface area contributed by atoms with E-state index < -0.39 is 0 Å². The third-order valence-corrected chi connectivity index (χ3v) is 9.56. The zero-order valence-corrected chi connectivity index (χ0v) is 29.7. The standard InChI is InChI=1S/C42H44N6O2/c1-7-47(8-2)31-15-17-33(39(25-31)49-5)41-35-19-11-27(43-35)23-29-13-21-37(45-29)42(34-18-16-32(26-40(34)50-6)48(9-3)10-4)38-22-14-30(46-38)24-28-12-20-36(41)44-28/h11-26,43,46H,7-10H2,1-6H3. The van der Waals surface area contributed by atoms with E-state index in [1.807, 2.05) is 0 Å². The van der Waals surface area contributed by atoms with E-state index in [0.717, 1.165) is 116 Å². The van der Waals surface area contributed by atoms with Gasteiger partial charge in [0, 0.05) is 94.0 Å². The Labute approximate surface area is 293 Å². The Morgan fingerprint density at radius 2 is 0.940 bits per heavy atom. The molecule has 8 heteroatoms. The van der Waals surface area contributed by atoms with E-state index in [2.05, 4.69) is 145 Å². The van der Waals surface area contributed by atoms with Crippen molar-refractivity contribution in [2.24, 2.45) is 0 Å². The van der Waals surface area contributed by atoms with Crippen molar-refractivity contribution in [3.63, 3.8) is 0 Å². The van der Waals surface area contributed by atoms with Gasteiger partial charge in [-0.05, 0) is 113 Å². The molecule has 2 aliphatic heterocycles. The minimum absolute atomic E-state index is 0.799. The SMILES string of the molecule is CCN(CC)c1ccc(-c2c3nc(cc4ccc([nH]4)c(-c4ccc(N(CC)CC)cc4OC)c4nc(cc5ccc2[nH]5)C=C4)C=C3)c(OC)c1. The number of anilines is 2. The van der Waals surface area contributed by atoms with Gasteiger partial charge in [0.2, 0.25) is 0 Å². The maximum Gasteiger partial charge on any atom is 0.128 e. The molecule has 2 N–H and O–H groups in total. The summed E-state index contributed by atoms with van der Waals surface area (Å²) in [6.45, 7) is 12.3. The average molecular weight is 665 g/mol. The number of aromatic amines is 2. The van der Waals surface area contributed by atoms with E-state index in [1.54, 1.807) is 14.2 Å². The molecule has 2 aliphatic rings. The van der Waals surface area contributed by atoms with Gasteiger partial charge < -0.3 is 29.2 Å². The van der Waals surface area contributed by atoms with Crippen molar-refractivity contribution in [1.82, 2.24) is 19.9 Å². The van der Waals surface area contributed by atoms with E-state index in [0.29, 0.717) is 0 Å². The number of methoxy groups -OCH3 is 2. The second kappa shape index (κ2) is 14.0. The molecule has 0 unspecified atom stereocenters. The summed E-state index contributed by atoms with van der Waals surface area (Å²) in [4.78, 5) is 22.2. The first-order chi connectivity index (χ1) is 24.5. The first-order valence-corrected chi connectivity index (χ1v) is 17.4. The minimum Gasteiger partial charge on any atom is -0.496 e. The van der Waals surface area contributed by atoms with Crippen LogP contribution in [0.3, 0.4) is 0 Å². The highest BCUT2D eigenvalue weighted by Gasteiger charge is 2.19. The molecule has 0 fully saturated rings. The van der Waals surface area contributed by atoms with Crippen LogP contribution in [0.2, 0.25) is 0 Å². The van der Waals surface area contributed by atoms with Crippen LogP contribution in [0.25, 0.3) is 68.6 Å². The molecule has 8 nitrogen and oxygen atoms in total. The first kappa shape index (κ1) is 32.8. The lowest BCUT2D eigenvalue weighted by molar-refractivity contribution is 0.416. The van der Waals surface area contributed by atoms with Crippen LogP contribution in [-0.2, 0) is 0 Å². The number of nitrogens with one attached hydrogen (secondary N) is 2. The molecule has 0 atom stereocenters. The summed E-state index contributed by atoms with van der Waals surface area (Å²) in [5, 5.41) is 0. The Morgan fingerprint density at radius 1 is 0.520 bits per heavy atom. The number of hydrogen-bond donors (Lipinski definition) is 2. The van der Waals surface area contributed by atoms with E-state index in [-0.39, 0.29) is 0 Å². The molecule has 0 spiro atoms. The molecule has 2 aromatic carbocycles. The second-order valence-corrected chi connectivity index (χ2v) is 12.3. The summed E-state index contributed by atoms with van der Waals surface area (Å²) in [6, 6.07) is 25.4. The Hall–Kier alpha value is -5.76. The van der Waals surface area contributed by atoms with E-state index in [1.165, 1.54) is 0 Å². The van der Waals surface area contributed by atoms with Crippen molar-refractivity contribution < 1.29 is 9.47 Å². The maximum atomic E-state index is 6.01. The molecule has 0 radical (unpaired) electrons. The predicted octanol–water partition coefficient (Wildman–Crippen LogP) is 9.70. The number of H-pyrrole nitrogens is 2. The zero-order valence-electron chi connectivity index (χ0n) is 29.7. The highest BCUT2D eigenvalue weighted by atomic mass is 16.5. The summed E-state index contributed by atoms with van der Waals surface area (Å²) < 4.78 is 12.0. The Balaban J connectivity index is 1.47. The number of nitrogens with zero attached hydrogens (tertiary/aromatic N) is 4. The number of rotatable bonds is 10. The summed E-state index contributed by atoms with van der Waals surface area (Å²) in [7, 11) is 3.46. The van der Waals surface area contributed by atoms with Gasteiger partial charge >= 0.3 is 0 Å². The topological polar surface area (TPSA) is 82.3 Å². The van der Waals surface area contributed by atoms with Gasteiger partial charge in [0.15, 0.2) is 0 Å². The number of benzene rings is 2. The van der Waals surface area contributed by atoms with Crippen molar-refractivity contribution in [3.05, 3.63) is 95.6 Å². The van der Waals surface area contributed by atoms with Gasteiger partial charge in [0.1, 0.15) is 11.5 Å². The van der Waals surface area contributed by atoms with Gasteiger partial charge in [0.25, 0.3) is 0 Å². The molecule has 5 aromatic rings. The highest BCUT2D eigenvalue weighted by molar-refractivity contribution is 5.95. The van der Waals surface area contributed by atoms with Crippen molar-refractivity contribution in [2.75, 3.05) is 50.2 Å². The molecular formula is C42H44N6O2. The average Bonchev–Trinajstić information content (AvgIpc) is 3.97. The van der Waals surface area contributed by atoms with Crippen LogP contribution in [0.4, 0.5) is 11.4 Å². The van der Waals surface area contributed by atoms with E-state index in [4.69, 9.17) is 19.4 Å². The maximum absolute atomic E-state index is 6.01. The van der Waals surface area contributed by atoms with E-state index >= 15 is 0 Å². The zero-order chi connectivity index (χ0) is 34.8. The van der Waals surface area contributed by atoms with Gasteiger partial charge in [-0.25, -0.2) is 9.97 Å². The van der Waals surface area contributed by atoms with Gasteiger partial charge in [0.05, 0.1) is 37.0 Å². The number of ether oxygens (including phenoxy) is 2. The lowest BCUT2D eigenvalue weighted by Gasteiger charge is -2.22. The molecule has 50 heavy (non-hydrogen) atoms. The van der Waals surface area contributed by atoms with Crippen molar-refractivity contribution >= 4 is 57.7 Å².